The van der Waals surface area contributed by atoms with Crippen LogP contribution in [0.1, 0.15) is 30.9 Å². The van der Waals surface area contributed by atoms with E-state index in [1.165, 1.54) is 17.4 Å². The zero-order chi connectivity index (χ0) is 12.9. The highest BCUT2D eigenvalue weighted by Gasteiger charge is 2.01. The molecule has 4 heteroatoms. The standard InChI is InChI=1S/C13H21NO2S/c1-11(2)13-6-4-12(5-7-13)10-14-8-9-17(3,15)16/h4-7,11,14H,8-10H2,1-3H3. The van der Waals surface area contributed by atoms with Gasteiger partial charge in [-0.1, -0.05) is 38.1 Å². The number of hydrogen-bond donors (Lipinski definition) is 1. The number of hydrogen-bond acceptors (Lipinski definition) is 3. The third-order valence-corrected chi connectivity index (χ3v) is 3.57. The van der Waals surface area contributed by atoms with Crippen LogP contribution in [0.25, 0.3) is 0 Å². The maximum atomic E-state index is 10.9. The molecule has 0 heterocycles. The summed E-state index contributed by atoms with van der Waals surface area (Å²) in [6, 6.07) is 8.42. The zero-order valence-corrected chi connectivity index (χ0v) is 11.5. The Hall–Kier alpha value is -0.870. The monoisotopic (exact) mass is 255 g/mol. The third-order valence-electron chi connectivity index (χ3n) is 2.63. The fraction of sp³-hybridized carbons (Fsp3) is 0.538. The molecule has 96 valence electrons. The minimum atomic E-state index is -2.86. The molecule has 1 aromatic rings. The van der Waals surface area contributed by atoms with Crippen molar-refractivity contribution >= 4 is 9.84 Å². The van der Waals surface area contributed by atoms with Gasteiger partial charge in [0.05, 0.1) is 5.75 Å². The Morgan fingerprint density at radius 3 is 2.24 bits per heavy atom. The van der Waals surface area contributed by atoms with Gasteiger partial charge in [-0.3, -0.25) is 0 Å². The summed E-state index contributed by atoms with van der Waals surface area (Å²) in [5.74, 6) is 0.735. The second-order valence-corrected chi connectivity index (χ2v) is 6.96. The Morgan fingerprint density at radius 1 is 1.18 bits per heavy atom. The van der Waals surface area contributed by atoms with Gasteiger partial charge in [0.25, 0.3) is 0 Å². The number of sulfone groups is 1. The van der Waals surface area contributed by atoms with Crippen LogP contribution in [0.4, 0.5) is 0 Å². The van der Waals surface area contributed by atoms with Crippen LogP contribution in [-0.4, -0.2) is 27.0 Å². The Morgan fingerprint density at radius 2 is 1.76 bits per heavy atom. The van der Waals surface area contributed by atoms with Crippen LogP contribution >= 0.6 is 0 Å². The van der Waals surface area contributed by atoms with Gasteiger partial charge in [0.15, 0.2) is 0 Å². The second kappa shape index (κ2) is 6.17. The van der Waals surface area contributed by atoms with Crippen LogP contribution in [0.2, 0.25) is 0 Å². The molecule has 0 saturated heterocycles. The summed E-state index contributed by atoms with van der Waals surface area (Å²) in [6.07, 6.45) is 1.26. The quantitative estimate of drug-likeness (QED) is 0.790. The average Bonchev–Trinajstić information content (AvgIpc) is 2.24. The Balaban J connectivity index is 2.37. The predicted molar refractivity (Wildman–Crippen MR) is 71.9 cm³/mol. The van der Waals surface area contributed by atoms with E-state index in [0.29, 0.717) is 19.0 Å². The molecule has 0 saturated carbocycles. The van der Waals surface area contributed by atoms with Crippen LogP contribution in [0.15, 0.2) is 24.3 Å². The van der Waals surface area contributed by atoms with E-state index in [4.69, 9.17) is 0 Å². The van der Waals surface area contributed by atoms with E-state index in [1.807, 2.05) is 0 Å². The van der Waals surface area contributed by atoms with Crippen molar-refractivity contribution in [3.05, 3.63) is 35.4 Å². The molecular formula is C13H21NO2S. The van der Waals surface area contributed by atoms with Gasteiger partial charge in [-0.25, -0.2) is 8.42 Å². The van der Waals surface area contributed by atoms with Gasteiger partial charge >= 0.3 is 0 Å². The van der Waals surface area contributed by atoms with Gasteiger partial charge < -0.3 is 5.32 Å². The summed E-state index contributed by atoms with van der Waals surface area (Å²) >= 11 is 0. The Kier molecular flexibility index (Phi) is 5.15. The van der Waals surface area contributed by atoms with E-state index in [2.05, 4.69) is 43.4 Å². The van der Waals surface area contributed by atoms with E-state index in [-0.39, 0.29) is 5.75 Å². The molecule has 0 aliphatic carbocycles. The van der Waals surface area contributed by atoms with Crippen LogP contribution in [-0.2, 0) is 16.4 Å². The van der Waals surface area contributed by atoms with Crippen molar-refractivity contribution in [3.63, 3.8) is 0 Å². The molecule has 0 aliphatic heterocycles. The summed E-state index contributed by atoms with van der Waals surface area (Å²) in [5, 5.41) is 3.13. The summed E-state index contributed by atoms with van der Waals surface area (Å²) in [7, 11) is -2.86. The normalized spacial score (nSPS) is 12.0. The highest BCUT2D eigenvalue weighted by Crippen LogP contribution is 2.14. The van der Waals surface area contributed by atoms with Crippen molar-refractivity contribution in [1.82, 2.24) is 5.32 Å². The molecule has 0 unspecified atom stereocenters. The lowest BCUT2D eigenvalue weighted by atomic mass is 10.0. The maximum absolute atomic E-state index is 10.9. The molecule has 1 N–H and O–H groups in total. The first-order chi connectivity index (χ1) is 7.88. The SMILES string of the molecule is CC(C)c1ccc(CNCCS(C)(=O)=O)cc1. The zero-order valence-electron chi connectivity index (χ0n) is 10.7. The fourth-order valence-electron chi connectivity index (χ4n) is 1.51. The molecule has 0 aromatic heterocycles. The molecule has 0 spiro atoms. The van der Waals surface area contributed by atoms with Crippen LogP contribution in [0.5, 0.6) is 0 Å². The van der Waals surface area contributed by atoms with E-state index >= 15 is 0 Å². The molecule has 0 aliphatic rings. The lowest BCUT2D eigenvalue weighted by Gasteiger charge is -2.07. The van der Waals surface area contributed by atoms with E-state index in [9.17, 15) is 8.42 Å². The van der Waals surface area contributed by atoms with Gasteiger partial charge in [0.1, 0.15) is 9.84 Å². The predicted octanol–water partition coefficient (Wildman–Crippen LogP) is 1.94. The first-order valence-electron chi connectivity index (χ1n) is 5.86. The molecule has 0 atom stereocenters. The van der Waals surface area contributed by atoms with Gasteiger partial charge in [-0.15, -0.1) is 0 Å². The molecule has 0 amide bonds. The molecule has 17 heavy (non-hydrogen) atoms. The second-order valence-electron chi connectivity index (χ2n) is 4.70. The van der Waals surface area contributed by atoms with Crippen molar-refractivity contribution in [2.45, 2.75) is 26.3 Å². The number of benzene rings is 1. The summed E-state index contributed by atoms with van der Waals surface area (Å²) < 4.78 is 21.8. The summed E-state index contributed by atoms with van der Waals surface area (Å²) in [5.41, 5.74) is 2.51. The summed E-state index contributed by atoms with van der Waals surface area (Å²) in [6.45, 7) is 5.55. The lowest BCUT2D eigenvalue weighted by molar-refractivity contribution is 0.596. The molecule has 1 rings (SSSR count). The Labute approximate surface area is 104 Å². The fourth-order valence-corrected chi connectivity index (χ4v) is 2.03. The first-order valence-corrected chi connectivity index (χ1v) is 7.92. The van der Waals surface area contributed by atoms with Crippen LogP contribution in [0.3, 0.4) is 0 Å². The number of rotatable bonds is 6. The molecule has 1 aromatic carbocycles. The Bertz CT molecular complexity index is 435. The van der Waals surface area contributed by atoms with Crippen molar-refractivity contribution in [3.8, 4) is 0 Å². The first kappa shape index (κ1) is 14.2. The van der Waals surface area contributed by atoms with Crippen molar-refractivity contribution < 1.29 is 8.42 Å². The lowest BCUT2D eigenvalue weighted by Crippen LogP contribution is -2.21. The largest absolute Gasteiger partial charge is 0.312 e. The van der Waals surface area contributed by atoms with Crippen molar-refractivity contribution in [1.29, 1.82) is 0 Å². The van der Waals surface area contributed by atoms with E-state index in [1.54, 1.807) is 0 Å². The molecule has 3 nitrogen and oxygen atoms in total. The van der Waals surface area contributed by atoms with Gasteiger partial charge in [0, 0.05) is 19.3 Å². The van der Waals surface area contributed by atoms with Crippen LogP contribution < -0.4 is 5.32 Å². The molecule has 0 radical (unpaired) electrons. The average molecular weight is 255 g/mol. The molecule has 0 bridgehead atoms. The van der Waals surface area contributed by atoms with Gasteiger partial charge in [-0.2, -0.15) is 0 Å². The van der Waals surface area contributed by atoms with Gasteiger partial charge in [-0.05, 0) is 17.0 Å². The van der Waals surface area contributed by atoms with Crippen molar-refractivity contribution in [2.75, 3.05) is 18.6 Å². The highest BCUT2D eigenvalue weighted by molar-refractivity contribution is 7.90. The van der Waals surface area contributed by atoms with Crippen LogP contribution in [0, 0.1) is 0 Å². The molecular weight excluding hydrogens is 234 g/mol. The maximum Gasteiger partial charge on any atom is 0.148 e. The number of nitrogens with one attached hydrogen (secondary N) is 1. The highest BCUT2D eigenvalue weighted by atomic mass is 32.2. The van der Waals surface area contributed by atoms with E-state index in [0.717, 1.165) is 0 Å². The van der Waals surface area contributed by atoms with Crippen molar-refractivity contribution in [2.24, 2.45) is 0 Å². The topological polar surface area (TPSA) is 46.2 Å². The third kappa shape index (κ3) is 5.84. The van der Waals surface area contributed by atoms with Gasteiger partial charge in [0.2, 0.25) is 0 Å². The smallest absolute Gasteiger partial charge is 0.148 e. The minimum Gasteiger partial charge on any atom is -0.312 e. The minimum absolute atomic E-state index is 0.192. The van der Waals surface area contributed by atoms with E-state index < -0.39 is 9.84 Å². The summed E-state index contributed by atoms with van der Waals surface area (Å²) in [4.78, 5) is 0. The molecule has 0 fully saturated rings.